The van der Waals surface area contributed by atoms with E-state index in [1.165, 1.54) is 10.6 Å². The highest BCUT2D eigenvalue weighted by Crippen LogP contribution is 2.35. The standard InChI is InChI=1S/C20H21N3O5/c1-28-16-4-2-13(3-5-16)9-19(24)21-10-14-8-15(12-21)17-6-7-18(23(26)27)20(25)22(17)11-14/h2-7,14-15H,8-12H2,1H3/t14-,15+/m1/s1. The topological polar surface area (TPSA) is 94.7 Å². The molecule has 2 atom stereocenters. The zero-order valence-electron chi connectivity index (χ0n) is 15.5. The van der Waals surface area contributed by atoms with Gasteiger partial charge in [-0.05, 0) is 36.1 Å². The second kappa shape index (κ2) is 7.10. The number of pyridine rings is 1. The molecular formula is C20H21N3O5. The van der Waals surface area contributed by atoms with E-state index in [1.807, 2.05) is 29.2 Å². The SMILES string of the molecule is COc1ccc(CC(=O)N2C[C@H]3C[C@@H](C2)c2ccc([N+](=O)[O-])c(=O)n2C3)cc1. The van der Waals surface area contributed by atoms with Gasteiger partial charge in [-0.3, -0.25) is 19.7 Å². The molecule has 8 heteroatoms. The van der Waals surface area contributed by atoms with Gasteiger partial charge in [0, 0.05) is 37.3 Å². The maximum Gasteiger partial charge on any atom is 0.334 e. The first-order valence-electron chi connectivity index (χ1n) is 9.25. The number of likely N-dealkylation sites (tertiary alicyclic amines) is 1. The predicted octanol–water partition coefficient (Wildman–Crippen LogP) is 1.95. The van der Waals surface area contributed by atoms with Gasteiger partial charge in [0.25, 0.3) is 0 Å². The van der Waals surface area contributed by atoms with Gasteiger partial charge < -0.3 is 14.2 Å². The molecule has 0 radical (unpaired) electrons. The summed E-state index contributed by atoms with van der Waals surface area (Å²) in [5, 5.41) is 11.0. The van der Waals surface area contributed by atoms with Crippen LogP contribution >= 0.6 is 0 Å². The molecule has 1 saturated heterocycles. The molecule has 146 valence electrons. The molecule has 0 unspecified atom stereocenters. The van der Waals surface area contributed by atoms with Gasteiger partial charge in [-0.1, -0.05) is 12.1 Å². The number of ether oxygens (including phenoxy) is 1. The lowest BCUT2D eigenvalue weighted by Gasteiger charge is -2.42. The summed E-state index contributed by atoms with van der Waals surface area (Å²) < 4.78 is 6.67. The smallest absolute Gasteiger partial charge is 0.334 e. The summed E-state index contributed by atoms with van der Waals surface area (Å²) in [4.78, 5) is 37.5. The van der Waals surface area contributed by atoms with Crippen molar-refractivity contribution in [2.75, 3.05) is 20.2 Å². The minimum Gasteiger partial charge on any atom is -0.497 e. The molecule has 4 rings (SSSR count). The summed E-state index contributed by atoms with van der Waals surface area (Å²) in [6, 6.07) is 10.4. The van der Waals surface area contributed by atoms with Crippen molar-refractivity contribution in [1.82, 2.24) is 9.47 Å². The molecule has 0 saturated carbocycles. The van der Waals surface area contributed by atoms with Crippen LogP contribution in [0.2, 0.25) is 0 Å². The highest BCUT2D eigenvalue weighted by Gasteiger charge is 2.37. The number of nitro groups is 1. The summed E-state index contributed by atoms with van der Waals surface area (Å²) in [7, 11) is 1.60. The summed E-state index contributed by atoms with van der Waals surface area (Å²) in [5.74, 6) is 0.962. The van der Waals surface area contributed by atoms with Crippen LogP contribution in [0.3, 0.4) is 0 Å². The molecule has 28 heavy (non-hydrogen) atoms. The minimum atomic E-state index is -0.634. The molecule has 3 heterocycles. The van der Waals surface area contributed by atoms with Crippen molar-refractivity contribution in [3.63, 3.8) is 0 Å². The molecule has 2 bridgehead atoms. The van der Waals surface area contributed by atoms with Gasteiger partial charge in [-0.2, -0.15) is 0 Å². The average Bonchev–Trinajstić information content (AvgIpc) is 2.69. The van der Waals surface area contributed by atoms with Crippen molar-refractivity contribution in [3.8, 4) is 5.75 Å². The van der Waals surface area contributed by atoms with E-state index in [0.717, 1.165) is 23.4 Å². The predicted molar refractivity (Wildman–Crippen MR) is 101 cm³/mol. The Kier molecular flexibility index (Phi) is 4.62. The zero-order chi connectivity index (χ0) is 19.8. The van der Waals surface area contributed by atoms with E-state index in [-0.39, 0.29) is 17.7 Å². The zero-order valence-corrected chi connectivity index (χ0v) is 15.5. The number of methoxy groups -OCH3 is 1. The van der Waals surface area contributed by atoms with Gasteiger partial charge in [-0.15, -0.1) is 0 Å². The van der Waals surface area contributed by atoms with E-state index >= 15 is 0 Å². The number of aromatic nitrogens is 1. The normalized spacial score (nSPS) is 20.4. The molecule has 2 aromatic rings. The highest BCUT2D eigenvalue weighted by atomic mass is 16.6. The van der Waals surface area contributed by atoms with Crippen LogP contribution in [0.1, 0.15) is 23.6 Å². The fourth-order valence-corrected chi connectivity index (χ4v) is 4.31. The minimum absolute atomic E-state index is 0.0285. The molecule has 1 aromatic heterocycles. The Bertz CT molecular complexity index is 982. The molecule has 2 aliphatic rings. The van der Waals surface area contributed by atoms with Crippen LogP contribution in [0.25, 0.3) is 0 Å². The van der Waals surface area contributed by atoms with E-state index in [2.05, 4.69) is 0 Å². The molecular weight excluding hydrogens is 362 g/mol. The van der Waals surface area contributed by atoms with E-state index in [0.29, 0.717) is 26.1 Å². The van der Waals surface area contributed by atoms with Crippen molar-refractivity contribution in [1.29, 1.82) is 0 Å². The molecule has 0 aliphatic carbocycles. The lowest BCUT2D eigenvalue weighted by molar-refractivity contribution is -0.386. The Labute approximate surface area is 161 Å². The summed E-state index contributed by atoms with van der Waals surface area (Å²) >= 11 is 0. The average molecular weight is 383 g/mol. The van der Waals surface area contributed by atoms with E-state index in [1.54, 1.807) is 13.2 Å². The third kappa shape index (κ3) is 3.26. The van der Waals surface area contributed by atoms with Gasteiger partial charge in [0.1, 0.15) is 5.75 Å². The van der Waals surface area contributed by atoms with Gasteiger partial charge in [-0.25, -0.2) is 0 Å². The van der Waals surface area contributed by atoms with Crippen molar-refractivity contribution >= 4 is 11.6 Å². The number of rotatable bonds is 4. The number of fused-ring (bicyclic) bond motifs is 4. The number of nitrogens with zero attached hydrogens (tertiary/aromatic N) is 3. The Balaban J connectivity index is 1.52. The molecule has 1 amide bonds. The van der Waals surface area contributed by atoms with Crippen LogP contribution in [-0.2, 0) is 17.8 Å². The van der Waals surface area contributed by atoms with Crippen LogP contribution in [0.4, 0.5) is 5.69 Å². The van der Waals surface area contributed by atoms with Crippen molar-refractivity contribution in [2.45, 2.75) is 25.3 Å². The number of amides is 1. The maximum atomic E-state index is 12.8. The van der Waals surface area contributed by atoms with E-state index in [9.17, 15) is 19.7 Å². The van der Waals surface area contributed by atoms with Crippen LogP contribution in [-0.4, -0.2) is 40.5 Å². The maximum absolute atomic E-state index is 12.8. The second-order valence-electron chi connectivity index (χ2n) is 7.44. The van der Waals surface area contributed by atoms with Crippen LogP contribution in [0.15, 0.2) is 41.2 Å². The number of carbonyl (C=O) groups is 1. The first kappa shape index (κ1) is 18.2. The lowest BCUT2D eigenvalue weighted by Crippen LogP contribution is -2.49. The van der Waals surface area contributed by atoms with Crippen molar-refractivity contribution in [2.24, 2.45) is 5.92 Å². The molecule has 0 N–H and O–H groups in total. The van der Waals surface area contributed by atoms with Crippen LogP contribution in [0.5, 0.6) is 5.75 Å². The van der Waals surface area contributed by atoms with Gasteiger partial charge in [0.2, 0.25) is 5.91 Å². The number of hydrogen-bond acceptors (Lipinski definition) is 5. The number of carbonyl (C=O) groups excluding carboxylic acids is 1. The quantitative estimate of drug-likeness (QED) is 0.594. The fourth-order valence-electron chi connectivity index (χ4n) is 4.31. The molecule has 2 aliphatic heterocycles. The van der Waals surface area contributed by atoms with Crippen molar-refractivity contribution in [3.05, 3.63) is 68.1 Å². The summed E-state index contributed by atoms with van der Waals surface area (Å²) in [6.45, 7) is 1.52. The lowest BCUT2D eigenvalue weighted by atomic mass is 9.83. The Morgan fingerprint density at radius 2 is 1.93 bits per heavy atom. The number of benzene rings is 1. The second-order valence-corrected chi connectivity index (χ2v) is 7.44. The van der Waals surface area contributed by atoms with Gasteiger partial charge in [0.05, 0.1) is 18.5 Å². The molecule has 1 fully saturated rings. The summed E-state index contributed by atoms with van der Waals surface area (Å²) in [5.41, 5.74) is 0.772. The number of hydrogen-bond donors (Lipinski definition) is 0. The Morgan fingerprint density at radius 1 is 1.18 bits per heavy atom. The van der Waals surface area contributed by atoms with E-state index in [4.69, 9.17) is 4.74 Å². The highest BCUT2D eigenvalue weighted by molar-refractivity contribution is 5.79. The van der Waals surface area contributed by atoms with Crippen LogP contribution < -0.4 is 10.3 Å². The third-order valence-electron chi connectivity index (χ3n) is 5.65. The monoisotopic (exact) mass is 383 g/mol. The Morgan fingerprint density at radius 3 is 2.61 bits per heavy atom. The van der Waals surface area contributed by atoms with Crippen molar-refractivity contribution < 1.29 is 14.5 Å². The van der Waals surface area contributed by atoms with Crippen LogP contribution in [0, 0.1) is 16.0 Å². The van der Waals surface area contributed by atoms with Gasteiger partial charge >= 0.3 is 11.2 Å². The first-order valence-corrected chi connectivity index (χ1v) is 9.25. The molecule has 1 aromatic carbocycles. The first-order chi connectivity index (χ1) is 13.5. The fraction of sp³-hybridized carbons (Fsp3) is 0.400. The Hall–Kier alpha value is -3.16. The van der Waals surface area contributed by atoms with E-state index < -0.39 is 16.2 Å². The molecule has 8 nitrogen and oxygen atoms in total. The van der Waals surface area contributed by atoms with Gasteiger partial charge in [0.15, 0.2) is 0 Å². The third-order valence-corrected chi connectivity index (χ3v) is 5.65. The number of piperidine rings is 1. The summed E-state index contributed by atoms with van der Waals surface area (Å²) in [6.07, 6.45) is 1.21. The molecule has 0 spiro atoms. The largest absolute Gasteiger partial charge is 0.497 e.